The molecule has 0 fully saturated rings. The third-order valence-corrected chi connectivity index (χ3v) is 4.55. The van der Waals surface area contributed by atoms with Gasteiger partial charge in [-0.2, -0.15) is 11.8 Å². The Hall–Kier alpha value is -0.510. The summed E-state index contributed by atoms with van der Waals surface area (Å²) in [7, 11) is 0. The van der Waals surface area contributed by atoms with Crippen LogP contribution >= 0.6 is 11.8 Å². The highest BCUT2D eigenvalue weighted by molar-refractivity contribution is 7.99. The van der Waals surface area contributed by atoms with E-state index in [1.807, 2.05) is 11.8 Å². The molecule has 0 radical (unpaired) electrons. The van der Waals surface area contributed by atoms with Crippen molar-refractivity contribution in [2.24, 2.45) is 0 Å². The van der Waals surface area contributed by atoms with E-state index in [4.69, 9.17) is 4.74 Å². The lowest BCUT2D eigenvalue weighted by molar-refractivity contribution is 0.0817. The van der Waals surface area contributed by atoms with Crippen LogP contribution in [0.2, 0.25) is 0 Å². The highest BCUT2D eigenvalue weighted by atomic mass is 32.2. The van der Waals surface area contributed by atoms with Crippen molar-refractivity contribution in [3.8, 4) is 0 Å². The van der Waals surface area contributed by atoms with Crippen molar-refractivity contribution < 1.29 is 4.74 Å². The maximum atomic E-state index is 5.64. The number of fused-ring (bicyclic) bond motifs is 1. The molecule has 1 aromatic rings. The Labute approximate surface area is 108 Å². The number of thioether (sulfide) groups is 1. The number of benzene rings is 1. The first-order chi connectivity index (χ1) is 8.12. The van der Waals surface area contributed by atoms with Crippen molar-refractivity contribution in [3.05, 3.63) is 35.4 Å². The van der Waals surface area contributed by atoms with Gasteiger partial charge < -0.3 is 10.1 Å². The van der Waals surface area contributed by atoms with Crippen LogP contribution in [0.25, 0.3) is 0 Å². The number of nitrogens with one attached hydrogen (secondary N) is 1. The molecule has 1 atom stereocenters. The molecule has 1 aliphatic rings. The minimum atomic E-state index is 0.270. The number of rotatable bonds is 4. The second kappa shape index (κ2) is 5.42. The summed E-state index contributed by atoms with van der Waals surface area (Å²) in [6.45, 7) is 7.05. The summed E-state index contributed by atoms with van der Waals surface area (Å²) in [6, 6.07) is 8.89. The molecule has 1 unspecified atom stereocenters. The Bertz CT molecular complexity index is 378. The first-order valence-electron chi connectivity index (χ1n) is 6.06. The predicted octanol–water partition coefficient (Wildman–Crippen LogP) is 2.99. The van der Waals surface area contributed by atoms with Gasteiger partial charge in [0.2, 0.25) is 0 Å². The van der Waals surface area contributed by atoms with Crippen LogP contribution in [0, 0.1) is 0 Å². The van der Waals surface area contributed by atoms with E-state index in [1.54, 1.807) is 0 Å². The monoisotopic (exact) mass is 251 g/mol. The molecule has 94 valence electrons. The summed E-state index contributed by atoms with van der Waals surface area (Å²) in [6.07, 6.45) is 2.16. The summed E-state index contributed by atoms with van der Waals surface area (Å²) in [5.74, 6) is 0. The van der Waals surface area contributed by atoms with Crippen molar-refractivity contribution >= 4 is 11.8 Å². The van der Waals surface area contributed by atoms with Gasteiger partial charge in [0.05, 0.1) is 19.3 Å². The van der Waals surface area contributed by atoms with Crippen molar-refractivity contribution in [2.45, 2.75) is 31.2 Å². The van der Waals surface area contributed by atoms with Gasteiger partial charge in [-0.15, -0.1) is 0 Å². The zero-order chi connectivity index (χ0) is 12.3. The lowest BCUT2D eigenvalue weighted by Crippen LogP contribution is -2.38. The molecule has 0 saturated carbocycles. The van der Waals surface area contributed by atoms with Gasteiger partial charge in [0.15, 0.2) is 0 Å². The lowest BCUT2D eigenvalue weighted by Gasteiger charge is -2.30. The van der Waals surface area contributed by atoms with Crippen molar-refractivity contribution in [1.82, 2.24) is 5.32 Å². The Morgan fingerprint density at radius 2 is 2.18 bits per heavy atom. The summed E-state index contributed by atoms with van der Waals surface area (Å²) >= 11 is 1.89. The SMILES string of the molecule is CSC(C)(C)CNC1COCc2ccccc21. The molecule has 0 bridgehead atoms. The third kappa shape index (κ3) is 3.24. The summed E-state index contributed by atoms with van der Waals surface area (Å²) in [4.78, 5) is 0. The van der Waals surface area contributed by atoms with Gasteiger partial charge in [0.25, 0.3) is 0 Å². The highest BCUT2D eigenvalue weighted by Crippen LogP contribution is 2.26. The zero-order valence-electron chi connectivity index (χ0n) is 10.8. The minimum Gasteiger partial charge on any atom is -0.375 e. The first kappa shape index (κ1) is 12.9. The minimum absolute atomic E-state index is 0.270. The highest BCUT2D eigenvalue weighted by Gasteiger charge is 2.23. The fourth-order valence-corrected chi connectivity index (χ4v) is 2.22. The molecule has 0 aromatic heterocycles. The summed E-state index contributed by atoms with van der Waals surface area (Å²) < 4.78 is 5.91. The van der Waals surface area contributed by atoms with Crippen molar-refractivity contribution in [3.63, 3.8) is 0 Å². The molecular formula is C14H21NOS. The number of hydrogen-bond donors (Lipinski definition) is 1. The van der Waals surface area contributed by atoms with Crippen LogP contribution < -0.4 is 5.32 Å². The van der Waals surface area contributed by atoms with Gasteiger partial charge in [-0.05, 0) is 31.2 Å². The second-order valence-corrected chi connectivity index (χ2v) is 6.62. The molecular weight excluding hydrogens is 230 g/mol. The van der Waals surface area contributed by atoms with Gasteiger partial charge in [-0.25, -0.2) is 0 Å². The van der Waals surface area contributed by atoms with Crippen LogP contribution in [0.15, 0.2) is 24.3 Å². The fourth-order valence-electron chi connectivity index (χ4n) is 1.99. The van der Waals surface area contributed by atoms with E-state index in [0.717, 1.165) is 19.8 Å². The third-order valence-electron chi connectivity index (χ3n) is 3.30. The maximum absolute atomic E-state index is 5.64. The molecule has 3 heteroatoms. The van der Waals surface area contributed by atoms with Crippen LogP contribution in [0.5, 0.6) is 0 Å². The zero-order valence-corrected chi connectivity index (χ0v) is 11.6. The quantitative estimate of drug-likeness (QED) is 0.889. The Morgan fingerprint density at radius 3 is 2.94 bits per heavy atom. The smallest absolute Gasteiger partial charge is 0.0721 e. The molecule has 1 aliphatic heterocycles. The van der Waals surface area contributed by atoms with Crippen LogP contribution in [-0.4, -0.2) is 24.2 Å². The van der Waals surface area contributed by atoms with E-state index in [1.165, 1.54) is 11.1 Å². The van der Waals surface area contributed by atoms with E-state index in [0.29, 0.717) is 6.04 Å². The molecule has 1 aromatic carbocycles. The summed E-state index contributed by atoms with van der Waals surface area (Å²) in [5.41, 5.74) is 2.72. The fraction of sp³-hybridized carbons (Fsp3) is 0.571. The van der Waals surface area contributed by atoms with Crippen LogP contribution in [0.1, 0.15) is 31.0 Å². The molecule has 0 aliphatic carbocycles. The normalized spacial score (nSPS) is 20.1. The Kier molecular flexibility index (Phi) is 4.13. The molecule has 2 rings (SSSR count). The Balaban J connectivity index is 2.04. The van der Waals surface area contributed by atoms with Crippen molar-refractivity contribution in [2.75, 3.05) is 19.4 Å². The van der Waals surface area contributed by atoms with E-state index in [-0.39, 0.29) is 4.75 Å². The Morgan fingerprint density at radius 1 is 1.41 bits per heavy atom. The van der Waals surface area contributed by atoms with Gasteiger partial charge in [0.1, 0.15) is 0 Å². The predicted molar refractivity (Wildman–Crippen MR) is 74.4 cm³/mol. The van der Waals surface area contributed by atoms with E-state index < -0.39 is 0 Å². The van der Waals surface area contributed by atoms with Gasteiger partial charge >= 0.3 is 0 Å². The van der Waals surface area contributed by atoms with E-state index in [2.05, 4.69) is 49.7 Å². The van der Waals surface area contributed by atoms with Gasteiger partial charge in [0, 0.05) is 11.3 Å². The second-order valence-electron chi connectivity index (χ2n) is 5.11. The molecule has 17 heavy (non-hydrogen) atoms. The first-order valence-corrected chi connectivity index (χ1v) is 7.29. The van der Waals surface area contributed by atoms with Crippen LogP contribution in [-0.2, 0) is 11.3 Å². The van der Waals surface area contributed by atoms with Crippen LogP contribution in [0.3, 0.4) is 0 Å². The van der Waals surface area contributed by atoms with Gasteiger partial charge in [-0.3, -0.25) is 0 Å². The molecule has 0 saturated heterocycles. The summed E-state index contributed by atoms with van der Waals surface area (Å²) in [5, 5.41) is 3.62. The standard InChI is InChI=1S/C14H21NOS/c1-14(2,17-3)10-15-13-9-16-8-11-6-4-5-7-12(11)13/h4-7,13,15H,8-10H2,1-3H3. The largest absolute Gasteiger partial charge is 0.375 e. The average molecular weight is 251 g/mol. The number of ether oxygens (including phenoxy) is 1. The van der Waals surface area contributed by atoms with Crippen LogP contribution in [0.4, 0.5) is 0 Å². The van der Waals surface area contributed by atoms with Crippen molar-refractivity contribution in [1.29, 1.82) is 0 Å². The van der Waals surface area contributed by atoms with E-state index >= 15 is 0 Å². The maximum Gasteiger partial charge on any atom is 0.0721 e. The molecule has 2 nitrogen and oxygen atoms in total. The average Bonchev–Trinajstić information content (AvgIpc) is 2.36. The molecule has 0 amide bonds. The topological polar surface area (TPSA) is 21.3 Å². The number of hydrogen-bond acceptors (Lipinski definition) is 3. The van der Waals surface area contributed by atoms with Gasteiger partial charge in [-0.1, -0.05) is 24.3 Å². The lowest BCUT2D eigenvalue weighted by atomic mass is 9.98. The molecule has 0 spiro atoms. The van der Waals surface area contributed by atoms with E-state index in [9.17, 15) is 0 Å². The molecule has 1 heterocycles. The molecule has 1 N–H and O–H groups in total.